The monoisotopic (exact) mass is 476 g/mol. The number of anilines is 1. The number of nitrogens with zero attached hydrogens (tertiary/aromatic N) is 4. The molecule has 1 atom stereocenters. The summed E-state index contributed by atoms with van der Waals surface area (Å²) in [6.45, 7) is 8.19. The van der Waals surface area contributed by atoms with Gasteiger partial charge in [0.1, 0.15) is 6.54 Å². The van der Waals surface area contributed by atoms with Gasteiger partial charge in [0.25, 0.3) is 0 Å². The summed E-state index contributed by atoms with van der Waals surface area (Å²) in [5.74, 6) is 1.97. The summed E-state index contributed by atoms with van der Waals surface area (Å²) in [7, 11) is 3.16. The molecule has 1 aliphatic rings. The second kappa shape index (κ2) is 11.1. The summed E-state index contributed by atoms with van der Waals surface area (Å²) >= 11 is 0. The fraction of sp³-hybridized carbons (Fsp3) is 0.370. The van der Waals surface area contributed by atoms with Crippen LogP contribution in [-0.2, 0) is 11.3 Å². The number of rotatable bonds is 9. The van der Waals surface area contributed by atoms with Crippen LogP contribution >= 0.6 is 0 Å². The lowest BCUT2D eigenvalue weighted by Crippen LogP contribution is -2.44. The molecule has 1 aliphatic heterocycles. The van der Waals surface area contributed by atoms with Crippen LogP contribution in [0, 0.1) is 12.8 Å². The predicted molar refractivity (Wildman–Crippen MR) is 135 cm³/mol. The fourth-order valence-electron chi connectivity index (χ4n) is 4.39. The molecular formula is C27H32N4O4. The highest BCUT2D eigenvalue weighted by atomic mass is 16.5. The van der Waals surface area contributed by atoms with E-state index in [2.05, 4.69) is 52.8 Å². The van der Waals surface area contributed by atoms with Gasteiger partial charge in [0, 0.05) is 30.9 Å². The van der Waals surface area contributed by atoms with Crippen molar-refractivity contribution in [3.8, 4) is 22.9 Å². The molecule has 0 spiro atoms. The fourth-order valence-corrected chi connectivity index (χ4v) is 4.39. The van der Waals surface area contributed by atoms with Crippen LogP contribution in [0.25, 0.3) is 11.4 Å². The minimum absolute atomic E-state index is 0.0765. The maximum atomic E-state index is 13.5. The number of hydrogen-bond donors (Lipinski definition) is 0. The number of aryl methyl sites for hydroxylation is 1. The Labute approximate surface area is 206 Å². The molecule has 35 heavy (non-hydrogen) atoms. The first-order chi connectivity index (χ1) is 17.0. The Morgan fingerprint density at radius 1 is 1.20 bits per heavy atom. The van der Waals surface area contributed by atoms with Crippen molar-refractivity contribution in [2.75, 3.05) is 38.8 Å². The van der Waals surface area contributed by atoms with Crippen LogP contribution in [0.3, 0.4) is 0 Å². The largest absolute Gasteiger partial charge is 0.493 e. The van der Waals surface area contributed by atoms with Gasteiger partial charge in [-0.1, -0.05) is 28.9 Å². The number of carbonyl (C=O) groups excluding carboxylic acids is 1. The highest BCUT2D eigenvalue weighted by molar-refractivity contribution is 5.80. The average Bonchev–Trinajstić information content (AvgIpc) is 3.36. The zero-order valence-electron chi connectivity index (χ0n) is 20.6. The molecule has 1 saturated heterocycles. The second-order valence-corrected chi connectivity index (χ2v) is 8.71. The first-order valence-electron chi connectivity index (χ1n) is 11.8. The van der Waals surface area contributed by atoms with E-state index in [1.807, 2.05) is 6.07 Å². The predicted octanol–water partition coefficient (Wildman–Crippen LogP) is 4.49. The van der Waals surface area contributed by atoms with Crippen LogP contribution in [0.5, 0.6) is 11.5 Å². The summed E-state index contributed by atoms with van der Waals surface area (Å²) in [4.78, 5) is 22.0. The zero-order valence-corrected chi connectivity index (χ0v) is 20.6. The van der Waals surface area contributed by atoms with Crippen molar-refractivity contribution in [2.24, 2.45) is 5.92 Å². The van der Waals surface area contributed by atoms with Gasteiger partial charge in [-0.15, -0.1) is 6.58 Å². The Morgan fingerprint density at radius 3 is 2.69 bits per heavy atom. The van der Waals surface area contributed by atoms with E-state index >= 15 is 0 Å². The van der Waals surface area contributed by atoms with Crippen LogP contribution in [0.2, 0.25) is 0 Å². The molecule has 8 nitrogen and oxygen atoms in total. The number of ether oxygens (including phenoxy) is 2. The summed E-state index contributed by atoms with van der Waals surface area (Å²) < 4.78 is 16.2. The molecular weight excluding hydrogens is 444 g/mol. The van der Waals surface area contributed by atoms with Crippen LogP contribution in [0.1, 0.15) is 24.3 Å². The first kappa shape index (κ1) is 24.3. The lowest BCUT2D eigenvalue weighted by molar-refractivity contribution is -0.136. The Hall–Kier alpha value is -3.81. The topological polar surface area (TPSA) is 80.9 Å². The molecule has 184 valence electrons. The Kier molecular flexibility index (Phi) is 7.70. The molecule has 0 bridgehead atoms. The Morgan fingerprint density at radius 2 is 1.97 bits per heavy atom. The molecule has 0 aliphatic carbocycles. The molecule has 1 aromatic heterocycles. The van der Waals surface area contributed by atoms with Crippen molar-refractivity contribution >= 4 is 11.6 Å². The van der Waals surface area contributed by atoms with E-state index in [4.69, 9.17) is 14.0 Å². The van der Waals surface area contributed by atoms with Gasteiger partial charge in [-0.25, -0.2) is 0 Å². The summed E-state index contributed by atoms with van der Waals surface area (Å²) in [6, 6.07) is 13.9. The van der Waals surface area contributed by atoms with Crippen LogP contribution in [-0.4, -0.2) is 54.8 Å². The summed E-state index contributed by atoms with van der Waals surface area (Å²) in [5.41, 5.74) is 3.11. The van der Waals surface area contributed by atoms with Crippen molar-refractivity contribution in [3.63, 3.8) is 0 Å². The number of methoxy groups -OCH3 is 2. The van der Waals surface area contributed by atoms with Gasteiger partial charge in [0.15, 0.2) is 11.5 Å². The molecule has 4 rings (SSSR count). The molecule has 2 heterocycles. The summed E-state index contributed by atoms with van der Waals surface area (Å²) in [5, 5.41) is 4.11. The first-order valence-corrected chi connectivity index (χ1v) is 11.8. The molecule has 0 N–H and O–H groups in total. The minimum Gasteiger partial charge on any atom is -0.493 e. The zero-order chi connectivity index (χ0) is 24.8. The summed E-state index contributed by atoms with van der Waals surface area (Å²) in [6.07, 6.45) is 3.55. The third-order valence-electron chi connectivity index (χ3n) is 6.27. The SMILES string of the molecule is C=CCN(Cc1nc(-c2ccc(OC)c(OC)c2)no1)C(=O)[C@@H]1CCCN(c2ccc(C)cc2)C1. The standard InChI is InChI=1S/C27H32N4O4/c1-5-14-31(27(32)21-7-6-15-30(17-21)22-11-8-19(2)9-12-22)18-25-28-26(29-35-25)20-10-13-23(33-3)24(16-20)34-4/h5,8-13,16,21H,1,6-7,14-15,17-18H2,2-4H3/t21-/m1/s1. The van der Waals surface area contributed by atoms with E-state index in [-0.39, 0.29) is 18.4 Å². The van der Waals surface area contributed by atoms with Crippen molar-refractivity contribution in [3.05, 3.63) is 66.6 Å². The number of hydrogen-bond acceptors (Lipinski definition) is 7. The van der Waals surface area contributed by atoms with Gasteiger partial charge in [-0.3, -0.25) is 4.79 Å². The normalized spacial score (nSPS) is 15.5. The van der Waals surface area contributed by atoms with Gasteiger partial charge in [-0.2, -0.15) is 4.98 Å². The van der Waals surface area contributed by atoms with Gasteiger partial charge < -0.3 is 23.8 Å². The molecule has 0 radical (unpaired) electrons. The molecule has 1 amide bonds. The smallest absolute Gasteiger partial charge is 0.246 e. The second-order valence-electron chi connectivity index (χ2n) is 8.71. The van der Waals surface area contributed by atoms with E-state index < -0.39 is 0 Å². The average molecular weight is 477 g/mol. The quantitative estimate of drug-likeness (QED) is 0.421. The molecule has 0 saturated carbocycles. The van der Waals surface area contributed by atoms with Crippen LogP contribution in [0.15, 0.2) is 59.6 Å². The van der Waals surface area contributed by atoms with E-state index in [1.54, 1.807) is 37.3 Å². The van der Waals surface area contributed by atoms with Crippen molar-refractivity contribution in [1.82, 2.24) is 15.0 Å². The number of aromatic nitrogens is 2. The Balaban J connectivity index is 1.46. The minimum atomic E-state index is -0.0988. The van der Waals surface area contributed by atoms with Crippen LogP contribution < -0.4 is 14.4 Å². The van der Waals surface area contributed by atoms with Gasteiger partial charge in [-0.05, 0) is 50.1 Å². The maximum Gasteiger partial charge on any atom is 0.246 e. The number of benzene rings is 2. The van der Waals surface area contributed by atoms with Crippen molar-refractivity contribution in [1.29, 1.82) is 0 Å². The maximum absolute atomic E-state index is 13.5. The van der Waals surface area contributed by atoms with E-state index in [9.17, 15) is 4.79 Å². The van der Waals surface area contributed by atoms with E-state index in [0.29, 0.717) is 36.3 Å². The lowest BCUT2D eigenvalue weighted by atomic mass is 9.95. The van der Waals surface area contributed by atoms with E-state index in [1.165, 1.54) is 5.56 Å². The van der Waals surface area contributed by atoms with Crippen molar-refractivity contribution in [2.45, 2.75) is 26.3 Å². The van der Waals surface area contributed by atoms with Gasteiger partial charge >= 0.3 is 0 Å². The van der Waals surface area contributed by atoms with Crippen molar-refractivity contribution < 1.29 is 18.8 Å². The number of carbonyl (C=O) groups is 1. The molecule has 3 aromatic rings. The van der Waals surface area contributed by atoms with E-state index in [0.717, 1.165) is 30.6 Å². The highest BCUT2D eigenvalue weighted by Gasteiger charge is 2.30. The number of amides is 1. The molecule has 1 fully saturated rings. The molecule has 8 heteroatoms. The Bertz CT molecular complexity index is 1160. The van der Waals surface area contributed by atoms with Gasteiger partial charge in [0.05, 0.1) is 20.1 Å². The molecule has 2 aromatic carbocycles. The molecule has 0 unspecified atom stereocenters. The van der Waals surface area contributed by atoms with Crippen LogP contribution in [0.4, 0.5) is 5.69 Å². The third-order valence-corrected chi connectivity index (χ3v) is 6.27. The third kappa shape index (κ3) is 5.65. The highest BCUT2D eigenvalue weighted by Crippen LogP contribution is 2.31. The lowest BCUT2D eigenvalue weighted by Gasteiger charge is -2.35. The number of piperidine rings is 1. The van der Waals surface area contributed by atoms with Gasteiger partial charge in [0.2, 0.25) is 17.6 Å².